The molecule has 1 fully saturated rings. The van der Waals surface area contributed by atoms with Crippen LogP contribution in [0.1, 0.15) is 30.6 Å². The van der Waals surface area contributed by atoms with Crippen LogP contribution >= 0.6 is 0 Å². The van der Waals surface area contributed by atoms with E-state index in [2.05, 4.69) is 0 Å². The van der Waals surface area contributed by atoms with Gasteiger partial charge in [0, 0.05) is 25.1 Å². The number of Topliss-reactive ketones (excluding diaryl/α,β-unsaturated/α-hetero) is 1. The van der Waals surface area contributed by atoms with E-state index in [0.717, 1.165) is 0 Å². The quantitative estimate of drug-likeness (QED) is 0.831. The second kappa shape index (κ2) is 6.18. The van der Waals surface area contributed by atoms with Gasteiger partial charge in [-0.2, -0.15) is 4.31 Å². The van der Waals surface area contributed by atoms with Crippen molar-refractivity contribution >= 4 is 21.8 Å². The van der Waals surface area contributed by atoms with Crippen LogP contribution < -0.4 is 0 Å². The van der Waals surface area contributed by atoms with E-state index in [4.69, 9.17) is 5.11 Å². The fourth-order valence-corrected chi connectivity index (χ4v) is 4.24. The van der Waals surface area contributed by atoms with E-state index in [0.29, 0.717) is 12.0 Å². The predicted octanol–water partition coefficient (Wildman–Crippen LogP) is 1.62. The van der Waals surface area contributed by atoms with Crippen LogP contribution in [0.2, 0.25) is 0 Å². The molecule has 0 aliphatic carbocycles. The summed E-state index contributed by atoms with van der Waals surface area (Å²) in [5.74, 6) is -2.06. The van der Waals surface area contributed by atoms with E-state index < -0.39 is 21.9 Å². The Hall–Kier alpha value is -1.73. The van der Waals surface area contributed by atoms with Crippen molar-refractivity contribution in [3.63, 3.8) is 0 Å². The van der Waals surface area contributed by atoms with Crippen molar-refractivity contribution in [2.45, 2.75) is 25.2 Å². The van der Waals surface area contributed by atoms with E-state index in [-0.39, 0.29) is 29.7 Å². The number of hydrogen-bond acceptors (Lipinski definition) is 4. The third-order valence-electron chi connectivity index (χ3n) is 4.01. The average molecular weight is 325 g/mol. The number of sulfonamides is 1. The number of aliphatic carboxylic acids is 1. The van der Waals surface area contributed by atoms with Gasteiger partial charge in [0.15, 0.2) is 5.78 Å². The summed E-state index contributed by atoms with van der Waals surface area (Å²) < 4.78 is 26.5. The average Bonchev–Trinajstić information content (AvgIpc) is 2.89. The predicted molar refractivity (Wildman–Crippen MR) is 80.1 cm³/mol. The molecule has 0 aromatic heterocycles. The summed E-state index contributed by atoms with van der Waals surface area (Å²) in [4.78, 5) is 22.9. The molecule has 0 radical (unpaired) electrons. The highest BCUT2D eigenvalue weighted by molar-refractivity contribution is 7.89. The number of carboxylic acid groups (broad SMARTS) is 1. The van der Waals surface area contributed by atoms with Crippen LogP contribution in [0.15, 0.2) is 29.2 Å². The lowest BCUT2D eigenvalue weighted by Gasteiger charge is -2.16. The van der Waals surface area contributed by atoms with Crippen LogP contribution in [-0.4, -0.2) is 42.7 Å². The third-order valence-corrected chi connectivity index (χ3v) is 5.84. The van der Waals surface area contributed by atoms with Crippen molar-refractivity contribution in [2.24, 2.45) is 11.8 Å². The smallest absolute Gasteiger partial charge is 0.308 e. The van der Waals surface area contributed by atoms with Gasteiger partial charge in [-0.15, -0.1) is 0 Å². The molecule has 1 aliphatic heterocycles. The molecule has 0 bridgehead atoms. The minimum Gasteiger partial charge on any atom is -0.481 e. The zero-order chi connectivity index (χ0) is 16.5. The summed E-state index contributed by atoms with van der Waals surface area (Å²) >= 11 is 0. The van der Waals surface area contributed by atoms with Crippen LogP contribution in [0.25, 0.3) is 0 Å². The molecule has 0 amide bonds. The van der Waals surface area contributed by atoms with Gasteiger partial charge >= 0.3 is 5.97 Å². The Labute approximate surface area is 129 Å². The van der Waals surface area contributed by atoms with E-state index in [1.54, 1.807) is 19.9 Å². The van der Waals surface area contributed by atoms with Crippen LogP contribution in [-0.2, 0) is 14.8 Å². The van der Waals surface area contributed by atoms with E-state index in [1.165, 1.54) is 22.5 Å². The lowest BCUT2D eigenvalue weighted by molar-refractivity contribution is -0.142. The first-order valence-electron chi connectivity index (χ1n) is 7.13. The normalized spacial score (nSPS) is 22.6. The summed E-state index contributed by atoms with van der Waals surface area (Å²) in [5, 5.41) is 9.12. The first kappa shape index (κ1) is 16.6. The molecule has 6 nitrogen and oxygen atoms in total. The molecule has 0 spiro atoms. The Morgan fingerprint density at radius 1 is 1.32 bits per heavy atom. The minimum absolute atomic E-state index is 0.0324. The second-order valence-electron chi connectivity index (χ2n) is 5.55. The van der Waals surface area contributed by atoms with Crippen LogP contribution in [0.5, 0.6) is 0 Å². The molecule has 1 aromatic rings. The van der Waals surface area contributed by atoms with Crippen LogP contribution in [0, 0.1) is 11.8 Å². The lowest BCUT2D eigenvalue weighted by Crippen LogP contribution is -2.30. The summed E-state index contributed by atoms with van der Waals surface area (Å²) in [6.45, 7) is 3.57. The molecule has 2 rings (SSSR count). The zero-order valence-electron chi connectivity index (χ0n) is 12.5. The molecular formula is C15H19NO5S. The molecule has 1 aliphatic rings. The van der Waals surface area contributed by atoms with Gasteiger partial charge < -0.3 is 5.11 Å². The lowest BCUT2D eigenvalue weighted by atomic mass is 9.99. The fourth-order valence-electron chi connectivity index (χ4n) is 2.62. The van der Waals surface area contributed by atoms with E-state index >= 15 is 0 Å². The Morgan fingerprint density at radius 3 is 2.55 bits per heavy atom. The first-order chi connectivity index (χ1) is 10.3. The van der Waals surface area contributed by atoms with Crippen LogP contribution in [0.3, 0.4) is 0 Å². The molecular weight excluding hydrogens is 306 g/mol. The van der Waals surface area contributed by atoms with Gasteiger partial charge in [0.25, 0.3) is 0 Å². The Bertz CT molecular complexity index is 698. The van der Waals surface area contributed by atoms with Gasteiger partial charge in [-0.1, -0.05) is 26.0 Å². The maximum absolute atomic E-state index is 12.6. The highest BCUT2D eigenvalue weighted by Gasteiger charge is 2.40. The molecule has 2 atom stereocenters. The highest BCUT2D eigenvalue weighted by Crippen LogP contribution is 2.29. The van der Waals surface area contributed by atoms with Crippen molar-refractivity contribution in [1.29, 1.82) is 0 Å². The summed E-state index contributed by atoms with van der Waals surface area (Å²) in [6.07, 6.45) is 0.297. The van der Waals surface area contributed by atoms with E-state index in [1.807, 2.05) is 0 Å². The summed E-state index contributed by atoms with van der Waals surface area (Å²) in [6, 6.07) is 5.90. The van der Waals surface area contributed by atoms with Crippen molar-refractivity contribution in [2.75, 3.05) is 13.1 Å². The van der Waals surface area contributed by atoms with E-state index in [9.17, 15) is 18.0 Å². The van der Waals surface area contributed by atoms with Gasteiger partial charge in [0.05, 0.1) is 10.8 Å². The van der Waals surface area contributed by atoms with Gasteiger partial charge in [-0.05, 0) is 18.1 Å². The minimum atomic E-state index is -3.78. The highest BCUT2D eigenvalue weighted by atomic mass is 32.2. The molecule has 1 aromatic carbocycles. The number of benzene rings is 1. The van der Waals surface area contributed by atoms with Crippen molar-refractivity contribution < 1.29 is 23.1 Å². The zero-order valence-corrected chi connectivity index (χ0v) is 13.3. The molecule has 0 saturated carbocycles. The van der Waals surface area contributed by atoms with Gasteiger partial charge in [-0.25, -0.2) is 8.42 Å². The fraction of sp³-hybridized carbons (Fsp3) is 0.467. The number of carboxylic acids is 1. The first-order valence-corrected chi connectivity index (χ1v) is 8.57. The SMILES string of the molecule is CCC(=O)c1cccc(S(=O)(=O)N2C[C@@H](C)[C@H](C(=O)O)C2)c1. The maximum atomic E-state index is 12.6. The number of carbonyl (C=O) groups excluding carboxylic acids is 1. The Morgan fingerprint density at radius 2 is 2.00 bits per heavy atom. The topological polar surface area (TPSA) is 91.8 Å². The molecule has 7 heteroatoms. The Balaban J connectivity index is 2.32. The number of carbonyl (C=O) groups is 2. The Kier molecular flexibility index (Phi) is 4.67. The van der Waals surface area contributed by atoms with Gasteiger partial charge in [0.2, 0.25) is 10.0 Å². The van der Waals surface area contributed by atoms with Crippen molar-refractivity contribution in [3.8, 4) is 0 Å². The third kappa shape index (κ3) is 3.05. The molecule has 1 saturated heterocycles. The molecule has 22 heavy (non-hydrogen) atoms. The largest absolute Gasteiger partial charge is 0.481 e. The number of nitrogens with zero attached hydrogens (tertiary/aromatic N) is 1. The number of ketones is 1. The van der Waals surface area contributed by atoms with Crippen LogP contribution in [0.4, 0.5) is 0 Å². The maximum Gasteiger partial charge on any atom is 0.308 e. The number of rotatable bonds is 5. The van der Waals surface area contributed by atoms with Gasteiger partial charge in [-0.3, -0.25) is 9.59 Å². The summed E-state index contributed by atoms with van der Waals surface area (Å²) in [5.41, 5.74) is 0.352. The standard InChI is InChI=1S/C15H19NO5S/c1-3-14(17)11-5-4-6-12(7-11)22(20,21)16-8-10(2)13(9-16)15(18)19/h4-7,10,13H,3,8-9H2,1-2H3,(H,18,19)/t10-,13-/m1/s1. The monoisotopic (exact) mass is 325 g/mol. The van der Waals surface area contributed by atoms with Gasteiger partial charge in [0.1, 0.15) is 0 Å². The molecule has 1 heterocycles. The number of hydrogen-bond donors (Lipinski definition) is 1. The van der Waals surface area contributed by atoms with Crippen molar-refractivity contribution in [1.82, 2.24) is 4.31 Å². The molecule has 1 N–H and O–H groups in total. The van der Waals surface area contributed by atoms with Crippen molar-refractivity contribution in [3.05, 3.63) is 29.8 Å². The summed E-state index contributed by atoms with van der Waals surface area (Å²) in [7, 11) is -3.78. The molecule has 0 unspecified atom stereocenters. The molecule has 120 valence electrons. The second-order valence-corrected chi connectivity index (χ2v) is 7.49.